The van der Waals surface area contributed by atoms with Crippen LogP contribution in [-0.2, 0) is 6.54 Å². The van der Waals surface area contributed by atoms with Gasteiger partial charge in [-0.2, -0.15) is 0 Å². The fraction of sp³-hybridized carbons (Fsp3) is 0.667. The van der Waals surface area contributed by atoms with Gasteiger partial charge in [-0.1, -0.05) is 0 Å². The molecule has 6 heteroatoms. The Kier molecular flexibility index (Phi) is 5.69. The number of aliphatic hydroxyl groups is 1. The first-order chi connectivity index (χ1) is 11.6. The van der Waals surface area contributed by atoms with Crippen LogP contribution in [0.15, 0.2) is 12.1 Å². The third-order valence-electron chi connectivity index (χ3n) is 5.33. The molecule has 24 heavy (non-hydrogen) atoms. The zero-order chi connectivity index (χ0) is 17.1. The van der Waals surface area contributed by atoms with Crippen molar-refractivity contribution in [3.05, 3.63) is 29.3 Å². The Bertz CT molecular complexity index is 564. The van der Waals surface area contributed by atoms with Crippen LogP contribution in [0.5, 0.6) is 5.75 Å². The van der Waals surface area contributed by atoms with E-state index in [-0.39, 0.29) is 18.1 Å². The molecule has 0 radical (unpaired) electrons. The molecule has 2 fully saturated rings. The molecule has 0 amide bonds. The summed E-state index contributed by atoms with van der Waals surface area (Å²) in [6.07, 6.45) is 2.48. The number of halogens is 2. The molecule has 134 valence electrons. The SMILES string of the molecule is COc1ccc(F)c(F)c1CN1C[C@@H](CN2CCCC2)[C@@H](CO)C1. The monoisotopic (exact) mass is 340 g/mol. The van der Waals surface area contributed by atoms with Crippen LogP contribution >= 0.6 is 0 Å². The highest BCUT2D eigenvalue weighted by Crippen LogP contribution is 2.30. The molecule has 1 aromatic carbocycles. The minimum Gasteiger partial charge on any atom is -0.496 e. The van der Waals surface area contributed by atoms with Gasteiger partial charge in [0.05, 0.1) is 7.11 Å². The molecule has 2 aliphatic heterocycles. The van der Waals surface area contributed by atoms with E-state index in [1.54, 1.807) is 0 Å². The molecule has 1 N–H and O–H groups in total. The minimum absolute atomic E-state index is 0.137. The smallest absolute Gasteiger partial charge is 0.167 e. The first-order valence-corrected chi connectivity index (χ1v) is 8.68. The van der Waals surface area contributed by atoms with Crippen LogP contribution < -0.4 is 4.74 Å². The van der Waals surface area contributed by atoms with Crippen LogP contribution in [0.2, 0.25) is 0 Å². The minimum atomic E-state index is -0.850. The zero-order valence-electron chi connectivity index (χ0n) is 14.2. The number of rotatable bonds is 6. The number of benzene rings is 1. The number of methoxy groups -OCH3 is 1. The topological polar surface area (TPSA) is 35.9 Å². The second-order valence-electron chi connectivity index (χ2n) is 6.95. The van der Waals surface area contributed by atoms with E-state index in [4.69, 9.17) is 4.74 Å². The van der Waals surface area contributed by atoms with Crippen LogP contribution in [0.3, 0.4) is 0 Å². The Morgan fingerprint density at radius 3 is 2.50 bits per heavy atom. The molecule has 2 atom stereocenters. The third kappa shape index (κ3) is 3.71. The Balaban J connectivity index is 1.69. The van der Waals surface area contributed by atoms with Crippen LogP contribution in [0.1, 0.15) is 18.4 Å². The number of ether oxygens (including phenoxy) is 1. The number of hydrogen-bond donors (Lipinski definition) is 1. The lowest BCUT2D eigenvalue weighted by Gasteiger charge is -2.23. The predicted molar refractivity (Wildman–Crippen MR) is 87.9 cm³/mol. The van der Waals surface area contributed by atoms with Crippen molar-refractivity contribution < 1.29 is 18.6 Å². The molecule has 0 spiro atoms. The van der Waals surface area contributed by atoms with Crippen molar-refractivity contribution in [2.45, 2.75) is 19.4 Å². The predicted octanol–water partition coefficient (Wildman–Crippen LogP) is 2.11. The van der Waals surface area contributed by atoms with Crippen molar-refractivity contribution >= 4 is 0 Å². The maximum atomic E-state index is 14.2. The molecular weight excluding hydrogens is 314 g/mol. The van der Waals surface area contributed by atoms with E-state index in [2.05, 4.69) is 9.80 Å². The van der Waals surface area contributed by atoms with E-state index in [0.717, 1.165) is 32.2 Å². The van der Waals surface area contributed by atoms with Crippen molar-refractivity contribution in [2.24, 2.45) is 11.8 Å². The van der Waals surface area contributed by atoms with Gasteiger partial charge in [-0.15, -0.1) is 0 Å². The lowest BCUT2D eigenvalue weighted by atomic mass is 9.96. The highest BCUT2D eigenvalue weighted by molar-refractivity contribution is 5.35. The van der Waals surface area contributed by atoms with E-state index in [1.165, 1.54) is 26.0 Å². The molecule has 0 bridgehead atoms. The van der Waals surface area contributed by atoms with Gasteiger partial charge in [-0.3, -0.25) is 4.90 Å². The lowest BCUT2D eigenvalue weighted by Crippen LogP contribution is -2.31. The molecule has 2 saturated heterocycles. The van der Waals surface area contributed by atoms with E-state index in [9.17, 15) is 13.9 Å². The Morgan fingerprint density at radius 1 is 1.12 bits per heavy atom. The van der Waals surface area contributed by atoms with Crippen LogP contribution in [-0.4, -0.2) is 61.3 Å². The van der Waals surface area contributed by atoms with Crippen molar-refractivity contribution in [3.63, 3.8) is 0 Å². The van der Waals surface area contributed by atoms with Gasteiger partial charge in [0.15, 0.2) is 11.6 Å². The Labute approximate surface area is 142 Å². The van der Waals surface area contributed by atoms with E-state index in [1.807, 2.05) is 0 Å². The van der Waals surface area contributed by atoms with E-state index >= 15 is 0 Å². The molecule has 2 aliphatic rings. The van der Waals surface area contributed by atoms with Gasteiger partial charge in [-0.05, 0) is 49.9 Å². The van der Waals surface area contributed by atoms with Crippen molar-refractivity contribution in [1.82, 2.24) is 9.80 Å². The second kappa shape index (κ2) is 7.76. The summed E-state index contributed by atoms with van der Waals surface area (Å²) in [5.74, 6) is -0.753. The van der Waals surface area contributed by atoms with Gasteiger partial charge in [0.25, 0.3) is 0 Å². The fourth-order valence-corrected chi connectivity index (χ4v) is 4.01. The fourth-order valence-electron chi connectivity index (χ4n) is 4.01. The third-order valence-corrected chi connectivity index (χ3v) is 5.33. The molecule has 3 rings (SSSR count). The van der Waals surface area contributed by atoms with Gasteiger partial charge in [-0.25, -0.2) is 8.78 Å². The maximum absolute atomic E-state index is 14.2. The maximum Gasteiger partial charge on any atom is 0.167 e. The molecule has 2 heterocycles. The molecule has 0 aromatic heterocycles. The molecule has 0 saturated carbocycles. The quantitative estimate of drug-likeness (QED) is 0.860. The van der Waals surface area contributed by atoms with Crippen LogP contribution in [0.4, 0.5) is 8.78 Å². The van der Waals surface area contributed by atoms with Crippen molar-refractivity contribution in [2.75, 3.05) is 46.4 Å². The first kappa shape index (κ1) is 17.6. The average Bonchev–Trinajstić information content (AvgIpc) is 3.22. The summed E-state index contributed by atoms with van der Waals surface area (Å²) < 4.78 is 32.9. The second-order valence-corrected chi connectivity index (χ2v) is 6.95. The van der Waals surface area contributed by atoms with Crippen LogP contribution in [0.25, 0.3) is 0 Å². The van der Waals surface area contributed by atoms with Crippen molar-refractivity contribution in [3.8, 4) is 5.75 Å². The first-order valence-electron chi connectivity index (χ1n) is 8.68. The number of nitrogens with zero attached hydrogens (tertiary/aromatic N) is 2. The highest BCUT2D eigenvalue weighted by atomic mass is 19.2. The lowest BCUT2D eigenvalue weighted by molar-refractivity contribution is 0.175. The van der Waals surface area contributed by atoms with E-state index in [0.29, 0.717) is 24.8 Å². The number of hydrogen-bond acceptors (Lipinski definition) is 4. The summed E-state index contributed by atoms with van der Waals surface area (Å²) in [5, 5.41) is 9.69. The van der Waals surface area contributed by atoms with E-state index < -0.39 is 11.6 Å². The summed E-state index contributed by atoms with van der Waals surface area (Å²) >= 11 is 0. The standard InChI is InChI=1S/C18H26F2N2O2/c1-24-17-5-4-16(19)18(20)15(17)11-22-9-13(14(10-22)12-23)8-21-6-2-3-7-21/h4-5,13-14,23H,2-3,6-12H2,1H3/t13-,14-/m1/s1. The van der Waals surface area contributed by atoms with Gasteiger partial charge in [0, 0.05) is 38.3 Å². The van der Waals surface area contributed by atoms with Gasteiger partial charge in [0.2, 0.25) is 0 Å². The summed E-state index contributed by atoms with van der Waals surface area (Å²) in [7, 11) is 1.47. The number of aliphatic hydroxyl groups excluding tert-OH is 1. The normalized spacial score (nSPS) is 25.5. The molecule has 1 aromatic rings. The highest BCUT2D eigenvalue weighted by Gasteiger charge is 2.34. The largest absolute Gasteiger partial charge is 0.496 e. The summed E-state index contributed by atoms with van der Waals surface area (Å²) in [4.78, 5) is 4.54. The molecule has 4 nitrogen and oxygen atoms in total. The van der Waals surface area contributed by atoms with Gasteiger partial charge in [0.1, 0.15) is 5.75 Å². The zero-order valence-corrected chi connectivity index (χ0v) is 14.2. The van der Waals surface area contributed by atoms with Gasteiger partial charge >= 0.3 is 0 Å². The molecule has 0 aliphatic carbocycles. The molecule has 0 unspecified atom stereocenters. The van der Waals surface area contributed by atoms with Gasteiger partial charge < -0.3 is 14.7 Å². The average molecular weight is 340 g/mol. The molecular formula is C18H26F2N2O2. The summed E-state index contributed by atoms with van der Waals surface area (Å²) in [6, 6.07) is 2.56. The summed E-state index contributed by atoms with van der Waals surface area (Å²) in [5.41, 5.74) is 0.260. The summed E-state index contributed by atoms with van der Waals surface area (Å²) in [6.45, 7) is 5.17. The number of likely N-dealkylation sites (tertiary alicyclic amines) is 2. The Morgan fingerprint density at radius 2 is 1.83 bits per heavy atom. The van der Waals surface area contributed by atoms with Crippen LogP contribution in [0, 0.1) is 23.5 Å². The Hall–Kier alpha value is -1.24. The van der Waals surface area contributed by atoms with Crippen molar-refractivity contribution in [1.29, 1.82) is 0 Å².